The quantitative estimate of drug-likeness (QED) is 0.336. The molecular weight excluding hydrogens is 434 g/mol. The third-order valence-corrected chi connectivity index (χ3v) is 5.98. The first-order valence-corrected chi connectivity index (χ1v) is 11.2. The van der Waals surface area contributed by atoms with Gasteiger partial charge in [-0.25, -0.2) is 4.68 Å². The topological polar surface area (TPSA) is 72.2 Å². The summed E-state index contributed by atoms with van der Waals surface area (Å²) in [4.78, 5) is 5.53. The average Bonchev–Trinajstić information content (AvgIpc) is 3.46. The summed E-state index contributed by atoms with van der Waals surface area (Å²) in [6, 6.07) is 25.1. The number of hydrogen-bond acceptors (Lipinski definition) is 6. The molecule has 3 aromatic carbocycles. The average molecular weight is 456 g/mol. The number of phenolic OH excluding ortho intramolecular Hbond substituents is 1. The van der Waals surface area contributed by atoms with E-state index in [0.717, 1.165) is 32.6 Å². The molecule has 0 aliphatic carbocycles. The summed E-state index contributed by atoms with van der Waals surface area (Å²) >= 11 is 1.50. The van der Waals surface area contributed by atoms with Crippen molar-refractivity contribution in [1.29, 1.82) is 0 Å². The van der Waals surface area contributed by atoms with Crippen LogP contribution in [0.15, 0.2) is 98.8 Å². The van der Waals surface area contributed by atoms with Gasteiger partial charge in [0.2, 0.25) is 4.80 Å². The van der Waals surface area contributed by atoms with Crippen LogP contribution in [0, 0.1) is 0 Å². The Morgan fingerprint density at radius 2 is 1.85 bits per heavy atom. The second-order valence-electron chi connectivity index (χ2n) is 7.34. The van der Waals surface area contributed by atoms with Crippen LogP contribution in [0.2, 0.25) is 0 Å². The number of para-hydroxylation sites is 1. The number of furan rings is 1. The van der Waals surface area contributed by atoms with Gasteiger partial charge >= 0.3 is 0 Å². The summed E-state index contributed by atoms with van der Waals surface area (Å²) in [5.41, 5.74) is 3.47. The number of thiazole rings is 1. The molecule has 0 saturated heterocycles. The highest BCUT2D eigenvalue weighted by atomic mass is 32.1. The number of benzene rings is 3. The zero-order chi connectivity index (χ0) is 22.6. The minimum atomic E-state index is 0.0586. The number of fused-ring (bicyclic) bond motifs is 1. The number of hydrogen-bond donors (Lipinski definition) is 1. The first kappa shape index (κ1) is 20.8. The van der Waals surface area contributed by atoms with Gasteiger partial charge in [0.05, 0.1) is 19.9 Å². The number of phenols is 1. The van der Waals surface area contributed by atoms with E-state index >= 15 is 0 Å². The molecule has 0 atom stereocenters. The molecule has 6 nitrogen and oxygen atoms in total. The van der Waals surface area contributed by atoms with Gasteiger partial charge in [-0.05, 0) is 41.5 Å². The van der Waals surface area contributed by atoms with Crippen LogP contribution >= 0.6 is 11.3 Å². The van der Waals surface area contributed by atoms with Gasteiger partial charge in [-0.2, -0.15) is 5.10 Å². The molecule has 1 N–H and O–H groups in total. The molecule has 0 fully saturated rings. The van der Waals surface area contributed by atoms with Crippen LogP contribution in [-0.2, 0) is 6.54 Å². The molecule has 33 heavy (non-hydrogen) atoms. The fourth-order valence-electron chi connectivity index (χ4n) is 3.45. The molecule has 0 aliphatic rings. The van der Waals surface area contributed by atoms with Gasteiger partial charge in [0, 0.05) is 10.8 Å². The Bertz CT molecular complexity index is 1460. The van der Waals surface area contributed by atoms with Gasteiger partial charge in [0.25, 0.3) is 0 Å². The Hall–Kier alpha value is -4.10. The zero-order valence-electron chi connectivity index (χ0n) is 17.9. The van der Waals surface area contributed by atoms with Crippen LogP contribution in [0.5, 0.6) is 11.5 Å². The van der Waals surface area contributed by atoms with Gasteiger partial charge < -0.3 is 14.3 Å². The predicted octanol–water partition coefficient (Wildman–Crippen LogP) is 5.66. The van der Waals surface area contributed by atoms with Gasteiger partial charge in [0.1, 0.15) is 11.3 Å². The summed E-state index contributed by atoms with van der Waals surface area (Å²) in [5.74, 6) is 1.18. The standard InChI is InChI=1S/C26H21N3O3S/c1-31-24-12-11-19(13-22(24)30)16-28-29-21(25-14-20-9-5-6-10-23(20)32-25)17-33-26(29)27-15-18-7-3-2-4-8-18/h2-14,16-17,30H,15H2,1H3. The number of aromatic nitrogens is 1. The van der Waals surface area contributed by atoms with Crippen LogP contribution in [0.25, 0.3) is 22.4 Å². The summed E-state index contributed by atoms with van der Waals surface area (Å²) in [6.45, 7) is 0.541. The second-order valence-corrected chi connectivity index (χ2v) is 8.18. The minimum Gasteiger partial charge on any atom is -0.504 e. The Labute approximate surface area is 194 Å². The van der Waals surface area contributed by atoms with E-state index in [-0.39, 0.29) is 5.75 Å². The number of nitrogens with zero attached hydrogens (tertiary/aromatic N) is 3. The lowest BCUT2D eigenvalue weighted by Gasteiger charge is -2.04. The van der Waals surface area contributed by atoms with Crippen LogP contribution in [0.4, 0.5) is 0 Å². The summed E-state index contributed by atoms with van der Waals surface area (Å²) < 4.78 is 13.0. The smallest absolute Gasteiger partial charge is 0.206 e. The first-order valence-electron chi connectivity index (χ1n) is 10.4. The van der Waals surface area contributed by atoms with Crippen molar-refractivity contribution in [2.45, 2.75) is 6.54 Å². The molecule has 5 rings (SSSR count). The maximum Gasteiger partial charge on any atom is 0.206 e. The van der Waals surface area contributed by atoms with Crippen LogP contribution in [0.3, 0.4) is 0 Å². The number of ether oxygens (including phenoxy) is 1. The van der Waals surface area contributed by atoms with E-state index in [9.17, 15) is 5.11 Å². The Balaban J connectivity index is 1.57. The first-order chi connectivity index (χ1) is 16.2. The Morgan fingerprint density at radius 1 is 1.03 bits per heavy atom. The van der Waals surface area contributed by atoms with Gasteiger partial charge in [-0.3, -0.25) is 4.99 Å². The number of methoxy groups -OCH3 is 1. The lowest BCUT2D eigenvalue weighted by atomic mass is 10.2. The molecule has 7 heteroatoms. The van der Waals surface area contributed by atoms with Crippen LogP contribution in [-0.4, -0.2) is 23.1 Å². The largest absolute Gasteiger partial charge is 0.504 e. The highest BCUT2D eigenvalue weighted by Crippen LogP contribution is 2.28. The van der Waals surface area contributed by atoms with E-state index < -0.39 is 0 Å². The molecule has 2 aromatic heterocycles. The maximum absolute atomic E-state index is 10.1. The Kier molecular flexibility index (Phi) is 5.78. The molecule has 0 radical (unpaired) electrons. The molecule has 164 valence electrons. The van der Waals surface area contributed by atoms with Crippen molar-refractivity contribution in [3.8, 4) is 23.0 Å². The summed E-state index contributed by atoms with van der Waals surface area (Å²) in [5, 5.41) is 17.8. The van der Waals surface area contributed by atoms with Crippen molar-refractivity contribution in [2.75, 3.05) is 7.11 Å². The van der Waals surface area contributed by atoms with Crippen molar-refractivity contribution >= 4 is 28.5 Å². The van der Waals surface area contributed by atoms with Crippen molar-refractivity contribution < 1.29 is 14.3 Å². The second kappa shape index (κ2) is 9.18. The van der Waals surface area contributed by atoms with E-state index in [0.29, 0.717) is 18.1 Å². The van der Waals surface area contributed by atoms with Gasteiger partial charge in [-0.1, -0.05) is 48.5 Å². The minimum absolute atomic E-state index is 0.0586. The molecule has 0 amide bonds. The summed E-state index contributed by atoms with van der Waals surface area (Å²) in [6.07, 6.45) is 1.68. The normalized spacial score (nSPS) is 12.1. The van der Waals surface area contributed by atoms with Crippen molar-refractivity contribution in [2.24, 2.45) is 10.1 Å². The monoisotopic (exact) mass is 455 g/mol. The number of aromatic hydroxyl groups is 1. The molecule has 0 spiro atoms. The fourth-order valence-corrected chi connectivity index (χ4v) is 4.27. The van der Waals surface area contributed by atoms with Gasteiger partial charge in [0.15, 0.2) is 17.3 Å². The third-order valence-electron chi connectivity index (χ3n) is 5.13. The third kappa shape index (κ3) is 4.44. The van der Waals surface area contributed by atoms with Crippen molar-refractivity contribution in [3.05, 3.63) is 100 Å². The van der Waals surface area contributed by atoms with Crippen LogP contribution < -0.4 is 9.54 Å². The molecule has 2 heterocycles. The number of rotatable bonds is 6. The predicted molar refractivity (Wildman–Crippen MR) is 131 cm³/mol. The fraction of sp³-hybridized carbons (Fsp3) is 0.0769. The molecular formula is C26H21N3O3S. The highest BCUT2D eigenvalue weighted by Gasteiger charge is 2.13. The van der Waals surface area contributed by atoms with E-state index in [1.165, 1.54) is 18.4 Å². The summed E-state index contributed by atoms with van der Waals surface area (Å²) in [7, 11) is 1.52. The van der Waals surface area contributed by atoms with E-state index in [1.807, 2.05) is 72.1 Å². The maximum atomic E-state index is 10.1. The van der Waals surface area contributed by atoms with E-state index in [4.69, 9.17) is 14.1 Å². The molecule has 0 unspecified atom stereocenters. The SMILES string of the molecule is COc1ccc(C=Nn2c(-c3cc4ccccc4o3)csc2=NCc2ccccc2)cc1O. The molecule has 5 aromatic rings. The molecule has 0 bridgehead atoms. The zero-order valence-corrected chi connectivity index (χ0v) is 18.7. The Morgan fingerprint density at radius 3 is 2.64 bits per heavy atom. The van der Waals surface area contributed by atoms with Crippen molar-refractivity contribution in [3.63, 3.8) is 0 Å². The van der Waals surface area contributed by atoms with Crippen molar-refractivity contribution in [1.82, 2.24) is 4.68 Å². The van der Waals surface area contributed by atoms with Crippen LogP contribution in [0.1, 0.15) is 11.1 Å². The van der Waals surface area contributed by atoms with E-state index in [1.54, 1.807) is 23.0 Å². The van der Waals surface area contributed by atoms with Gasteiger partial charge in [-0.15, -0.1) is 11.3 Å². The molecule has 0 saturated carbocycles. The highest BCUT2D eigenvalue weighted by molar-refractivity contribution is 7.07. The molecule has 0 aliphatic heterocycles. The lowest BCUT2D eigenvalue weighted by molar-refractivity contribution is 0.373. The lowest BCUT2D eigenvalue weighted by Crippen LogP contribution is -2.12. The van der Waals surface area contributed by atoms with E-state index in [2.05, 4.69) is 5.10 Å².